The van der Waals surface area contributed by atoms with E-state index in [1.165, 1.54) is 4.88 Å². The van der Waals surface area contributed by atoms with Gasteiger partial charge in [-0.05, 0) is 17.5 Å². The average Bonchev–Trinajstić information content (AvgIpc) is 3.05. The van der Waals surface area contributed by atoms with E-state index in [1.54, 1.807) is 11.3 Å². The average molecular weight is 272 g/mol. The molecule has 98 valence electrons. The highest BCUT2D eigenvalue weighted by atomic mass is 32.1. The van der Waals surface area contributed by atoms with Crippen molar-refractivity contribution >= 4 is 22.2 Å². The van der Waals surface area contributed by atoms with E-state index >= 15 is 0 Å². The SMILES string of the molecule is Cn1nc(C(Cc2cccs2)NN)c2ccccc21. The molecule has 3 aromatic rings. The Labute approximate surface area is 115 Å². The number of para-hydroxylation sites is 1. The lowest BCUT2D eigenvalue weighted by Crippen LogP contribution is -2.30. The van der Waals surface area contributed by atoms with E-state index in [4.69, 9.17) is 5.84 Å². The largest absolute Gasteiger partial charge is 0.271 e. The minimum absolute atomic E-state index is 0.0322. The molecule has 0 spiro atoms. The van der Waals surface area contributed by atoms with E-state index in [1.807, 2.05) is 23.9 Å². The van der Waals surface area contributed by atoms with Crippen LogP contribution in [0.25, 0.3) is 10.9 Å². The molecule has 5 heteroatoms. The number of fused-ring (bicyclic) bond motifs is 1. The summed E-state index contributed by atoms with van der Waals surface area (Å²) in [6.07, 6.45) is 0.856. The number of nitrogens with one attached hydrogen (secondary N) is 1. The predicted molar refractivity (Wildman–Crippen MR) is 78.8 cm³/mol. The van der Waals surface area contributed by atoms with Crippen LogP contribution in [0.4, 0.5) is 0 Å². The van der Waals surface area contributed by atoms with Crippen molar-refractivity contribution in [2.45, 2.75) is 12.5 Å². The van der Waals surface area contributed by atoms with Gasteiger partial charge in [-0.1, -0.05) is 24.3 Å². The molecular formula is C14H16N4S. The Morgan fingerprint density at radius 2 is 2.16 bits per heavy atom. The number of thiophene rings is 1. The highest BCUT2D eigenvalue weighted by Gasteiger charge is 2.18. The fourth-order valence-corrected chi connectivity index (χ4v) is 3.12. The van der Waals surface area contributed by atoms with Gasteiger partial charge < -0.3 is 0 Å². The molecule has 0 amide bonds. The lowest BCUT2D eigenvalue weighted by atomic mass is 10.1. The molecule has 0 radical (unpaired) electrons. The Morgan fingerprint density at radius 3 is 2.89 bits per heavy atom. The van der Waals surface area contributed by atoms with Crippen LogP contribution in [0.15, 0.2) is 41.8 Å². The molecule has 1 atom stereocenters. The highest BCUT2D eigenvalue weighted by molar-refractivity contribution is 7.09. The smallest absolute Gasteiger partial charge is 0.0889 e. The molecule has 3 N–H and O–H groups in total. The van der Waals surface area contributed by atoms with Crippen LogP contribution in [0, 0.1) is 0 Å². The van der Waals surface area contributed by atoms with Crippen molar-refractivity contribution in [3.8, 4) is 0 Å². The Kier molecular flexibility index (Phi) is 3.33. The van der Waals surface area contributed by atoms with Gasteiger partial charge in [-0.15, -0.1) is 11.3 Å². The van der Waals surface area contributed by atoms with Gasteiger partial charge in [0, 0.05) is 23.7 Å². The molecule has 19 heavy (non-hydrogen) atoms. The molecule has 0 fully saturated rings. The van der Waals surface area contributed by atoms with Gasteiger partial charge in [0.15, 0.2) is 0 Å². The van der Waals surface area contributed by atoms with Crippen LogP contribution in [-0.4, -0.2) is 9.78 Å². The summed E-state index contributed by atoms with van der Waals surface area (Å²) in [5.74, 6) is 5.73. The zero-order valence-corrected chi connectivity index (χ0v) is 11.5. The van der Waals surface area contributed by atoms with Crippen molar-refractivity contribution in [1.82, 2.24) is 15.2 Å². The zero-order chi connectivity index (χ0) is 13.2. The van der Waals surface area contributed by atoms with Crippen LogP contribution >= 0.6 is 11.3 Å². The lowest BCUT2D eigenvalue weighted by Gasteiger charge is -2.12. The van der Waals surface area contributed by atoms with Crippen molar-refractivity contribution in [3.63, 3.8) is 0 Å². The predicted octanol–water partition coefficient (Wildman–Crippen LogP) is 2.38. The second-order valence-corrected chi connectivity index (χ2v) is 5.56. The maximum absolute atomic E-state index is 5.73. The van der Waals surface area contributed by atoms with E-state index in [2.05, 4.69) is 40.2 Å². The highest BCUT2D eigenvalue weighted by Crippen LogP contribution is 2.26. The molecule has 0 aliphatic carbocycles. The summed E-state index contributed by atoms with van der Waals surface area (Å²) in [7, 11) is 1.96. The number of nitrogens with zero attached hydrogens (tertiary/aromatic N) is 2. The van der Waals surface area contributed by atoms with E-state index in [0.717, 1.165) is 23.0 Å². The standard InChI is InChI=1S/C14H16N4S/c1-18-13-7-3-2-6-11(13)14(17-18)12(16-15)9-10-5-4-8-19-10/h2-8,12,16H,9,15H2,1H3. The summed E-state index contributed by atoms with van der Waals surface area (Å²) in [6, 6.07) is 12.4. The summed E-state index contributed by atoms with van der Waals surface area (Å²) in [5, 5.41) is 7.86. The normalized spacial score (nSPS) is 12.9. The summed E-state index contributed by atoms with van der Waals surface area (Å²) in [6.45, 7) is 0. The van der Waals surface area contributed by atoms with E-state index in [9.17, 15) is 0 Å². The van der Waals surface area contributed by atoms with E-state index < -0.39 is 0 Å². The molecule has 1 unspecified atom stereocenters. The number of nitrogens with two attached hydrogens (primary N) is 1. The molecule has 2 heterocycles. The number of aromatic nitrogens is 2. The molecule has 2 aromatic heterocycles. The molecule has 3 rings (SSSR count). The number of hydrogen-bond donors (Lipinski definition) is 2. The van der Waals surface area contributed by atoms with Crippen LogP contribution in [0.1, 0.15) is 16.6 Å². The third-order valence-corrected chi connectivity index (χ3v) is 4.20. The minimum Gasteiger partial charge on any atom is -0.271 e. The van der Waals surface area contributed by atoms with Gasteiger partial charge in [-0.25, -0.2) is 0 Å². The van der Waals surface area contributed by atoms with Crippen LogP contribution in [0.2, 0.25) is 0 Å². The first-order valence-electron chi connectivity index (χ1n) is 6.19. The van der Waals surface area contributed by atoms with Crippen molar-refractivity contribution in [2.24, 2.45) is 12.9 Å². The van der Waals surface area contributed by atoms with E-state index in [-0.39, 0.29) is 6.04 Å². The second-order valence-electron chi connectivity index (χ2n) is 4.53. The maximum atomic E-state index is 5.73. The second kappa shape index (κ2) is 5.13. The summed E-state index contributed by atoms with van der Waals surface area (Å²) >= 11 is 1.74. The van der Waals surface area contributed by atoms with Gasteiger partial charge in [0.25, 0.3) is 0 Å². The summed E-state index contributed by atoms with van der Waals surface area (Å²) < 4.78 is 1.91. The van der Waals surface area contributed by atoms with Crippen molar-refractivity contribution in [2.75, 3.05) is 0 Å². The number of aryl methyl sites for hydroxylation is 1. The van der Waals surface area contributed by atoms with Crippen molar-refractivity contribution in [3.05, 3.63) is 52.3 Å². The fourth-order valence-electron chi connectivity index (χ4n) is 2.36. The molecule has 0 saturated carbocycles. The maximum Gasteiger partial charge on any atom is 0.0889 e. The minimum atomic E-state index is 0.0322. The van der Waals surface area contributed by atoms with Gasteiger partial charge in [0.05, 0.1) is 17.3 Å². The van der Waals surface area contributed by atoms with Crippen LogP contribution in [0.3, 0.4) is 0 Å². The third kappa shape index (κ3) is 2.28. The number of hydrazine groups is 1. The fraction of sp³-hybridized carbons (Fsp3) is 0.214. The number of hydrogen-bond acceptors (Lipinski definition) is 4. The molecule has 0 aliphatic heterocycles. The monoisotopic (exact) mass is 272 g/mol. The number of benzene rings is 1. The van der Waals surface area contributed by atoms with E-state index in [0.29, 0.717) is 0 Å². The van der Waals surface area contributed by atoms with Gasteiger partial charge in [0.1, 0.15) is 0 Å². The van der Waals surface area contributed by atoms with Crippen molar-refractivity contribution in [1.29, 1.82) is 0 Å². The summed E-state index contributed by atoms with van der Waals surface area (Å²) in [4.78, 5) is 1.30. The lowest BCUT2D eigenvalue weighted by molar-refractivity contribution is 0.536. The Bertz CT molecular complexity index is 672. The van der Waals surface area contributed by atoms with Crippen molar-refractivity contribution < 1.29 is 0 Å². The Morgan fingerprint density at radius 1 is 1.32 bits per heavy atom. The van der Waals surface area contributed by atoms with Gasteiger partial charge in [0.2, 0.25) is 0 Å². The van der Waals surface area contributed by atoms with Gasteiger partial charge in [-0.2, -0.15) is 5.10 Å². The topological polar surface area (TPSA) is 55.9 Å². The number of rotatable bonds is 4. The first-order valence-corrected chi connectivity index (χ1v) is 7.07. The Hall–Kier alpha value is -1.69. The Balaban J connectivity index is 2.01. The first kappa shape index (κ1) is 12.3. The molecule has 0 aliphatic rings. The zero-order valence-electron chi connectivity index (χ0n) is 10.7. The quantitative estimate of drug-likeness (QED) is 0.566. The molecular weight excluding hydrogens is 256 g/mol. The molecule has 0 bridgehead atoms. The third-order valence-electron chi connectivity index (χ3n) is 3.30. The van der Waals surface area contributed by atoms with Crippen LogP contribution in [-0.2, 0) is 13.5 Å². The molecule has 4 nitrogen and oxygen atoms in total. The molecule has 1 aromatic carbocycles. The van der Waals surface area contributed by atoms with Gasteiger partial charge in [-0.3, -0.25) is 16.0 Å². The molecule has 0 saturated heterocycles. The summed E-state index contributed by atoms with van der Waals surface area (Å²) in [5.41, 5.74) is 5.03. The van der Waals surface area contributed by atoms with Crippen LogP contribution in [0.5, 0.6) is 0 Å². The first-order chi connectivity index (χ1) is 9.29. The van der Waals surface area contributed by atoms with Gasteiger partial charge >= 0.3 is 0 Å². The van der Waals surface area contributed by atoms with Crippen LogP contribution < -0.4 is 11.3 Å².